The van der Waals surface area contributed by atoms with E-state index >= 15 is 0 Å². The lowest BCUT2D eigenvalue weighted by Gasteiger charge is -2.18. The Balaban J connectivity index is 0.00000220. The Morgan fingerprint density at radius 1 is 1.38 bits per heavy atom. The third-order valence-corrected chi connectivity index (χ3v) is 3.90. The molecule has 4 nitrogen and oxygen atoms in total. The molecule has 0 bridgehead atoms. The first-order chi connectivity index (χ1) is 9.72. The van der Waals surface area contributed by atoms with Gasteiger partial charge >= 0.3 is 0 Å². The van der Waals surface area contributed by atoms with Crippen LogP contribution in [0.2, 0.25) is 5.02 Å². The van der Waals surface area contributed by atoms with Gasteiger partial charge in [-0.2, -0.15) is 0 Å². The normalized spacial score (nSPS) is 18.5. The van der Waals surface area contributed by atoms with Crippen LogP contribution in [0.5, 0.6) is 5.75 Å². The van der Waals surface area contributed by atoms with Gasteiger partial charge in [-0.15, -0.1) is 12.4 Å². The van der Waals surface area contributed by atoms with E-state index in [4.69, 9.17) is 26.8 Å². The van der Waals surface area contributed by atoms with Crippen LogP contribution in [0.1, 0.15) is 12.0 Å². The lowest BCUT2D eigenvalue weighted by atomic mass is 10.1. The quantitative estimate of drug-likeness (QED) is 0.778. The van der Waals surface area contributed by atoms with E-state index in [1.165, 1.54) is 6.42 Å². The summed E-state index contributed by atoms with van der Waals surface area (Å²) in [5, 5.41) is 0.744. The van der Waals surface area contributed by atoms with Crippen LogP contribution in [0, 0.1) is 5.92 Å². The molecule has 0 aromatic heterocycles. The maximum atomic E-state index is 6.10. The van der Waals surface area contributed by atoms with E-state index in [2.05, 4.69) is 4.90 Å². The molecule has 0 spiro atoms. The van der Waals surface area contributed by atoms with Crippen molar-refractivity contribution in [3.63, 3.8) is 0 Å². The van der Waals surface area contributed by atoms with Crippen LogP contribution >= 0.6 is 24.0 Å². The monoisotopic (exact) mass is 334 g/mol. The molecule has 0 unspecified atom stereocenters. The molecule has 1 heterocycles. The smallest absolute Gasteiger partial charge is 0.124 e. The molecule has 0 radical (unpaired) electrons. The van der Waals surface area contributed by atoms with E-state index in [1.54, 1.807) is 7.11 Å². The Morgan fingerprint density at radius 3 is 2.86 bits per heavy atom. The van der Waals surface area contributed by atoms with E-state index in [9.17, 15) is 0 Å². The lowest BCUT2D eigenvalue weighted by Crippen LogP contribution is -2.23. The van der Waals surface area contributed by atoms with Gasteiger partial charge in [-0.05, 0) is 43.6 Å². The van der Waals surface area contributed by atoms with Crippen LogP contribution in [0.15, 0.2) is 18.2 Å². The molecular weight excluding hydrogens is 311 g/mol. The van der Waals surface area contributed by atoms with E-state index in [-0.39, 0.29) is 12.4 Å². The summed E-state index contributed by atoms with van der Waals surface area (Å²) in [5.74, 6) is 1.51. The first-order valence-electron chi connectivity index (χ1n) is 7.05. The van der Waals surface area contributed by atoms with E-state index in [0.29, 0.717) is 19.1 Å². The summed E-state index contributed by atoms with van der Waals surface area (Å²) in [6, 6.07) is 5.78. The first kappa shape index (κ1) is 18.5. The third kappa shape index (κ3) is 5.64. The maximum absolute atomic E-state index is 6.10. The number of rotatable bonds is 7. The number of nitrogens with two attached hydrogens (primary N) is 1. The number of halogens is 2. The summed E-state index contributed by atoms with van der Waals surface area (Å²) >= 11 is 6.10. The van der Waals surface area contributed by atoms with Crippen LogP contribution < -0.4 is 10.5 Å². The van der Waals surface area contributed by atoms with Gasteiger partial charge in [0.05, 0.1) is 6.61 Å². The third-order valence-electron chi connectivity index (χ3n) is 3.66. The Kier molecular flexibility index (Phi) is 8.37. The molecule has 1 aromatic carbocycles. The number of hydrogen-bond donors (Lipinski definition) is 1. The first-order valence-corrected chi connectivity index (χ1v) is 7.43. The zero-order chi connectivity index (χ0) is 14.4. The zero-order valence-corrected chi connectivity index (χ0v) is 14.0. The van der Waals surface area contributed by atoms with Gasteiger partial charge in [0.1, 0.15) is 12.4 Å². The van der Waals surface area contributed by atoms with Crippen LogP contribution in [0.4, 0.5) is 0 Å². The molecule has 6 heteroatoms. The molecule has 1 atom stereocenters. The van der Waals surface area contributed by atoms with Crippen LogP contribution in [-0.2, 0) is 11.3 Å². The van der Waals surface area contributed by atoms with Crippen molar-refractivity contribution in [2.75, 3.05) is 40.0 Å². The topological polar surface area (TPSA) is 47.7 Å². The molecule has 1 aromatic rings. The van der Waals surface area contributed by atoms with Crippen molar-refractivity contribution >= 4 is 24.0 Å². The molecule has 1 fully saturated rings. The van der Waals surface area contributed by atoms with Crippen LogP contribution in [0.25, 0.3) is 0 Å². The van der Waals surface area contributed by atoms with Gasteiger partial charge in [-0.3, -0.25) is 4.90 Å². The Bertz CT molecular complexity index is 432. The van der Waals surface area contributed by atoms with Crippen molar-refractivity contribution in [1.29, 1.82) is 0 Å². The summed E-state index contributed by atoms with van der Waals surface area (Å²) in [6.45, 7) is 4.91. The molecule has 1 saturated heterocycles. The highest BCUT2D eigenvalue weighted by Gasteiger charge is 2.22. The Morgan fingerprint density at radius 2 is 2.19 bits per heavy atom. The second-order valence-electron chi connectivity index (χ2n) is 5.22. The summed E-state index contributed by atoms with van der Waals surface area (Å²) in [4.78, 5) is 2.41. The number of methoxy groups -OCH3 is 1. The second kappa shape index (κ2) is 9.49. The highest BCUT2D eigenvalue weighted by Crippen LogP contribution is 2.26. The van der Waals surface area contributed by atoms with Gasteiger partial charge in [-0.1, -0.05) is 11.6 Å². The Labute approximate surface area is 137 Å². The second-order valence-corrected chi connectivity index (χ2v) is 5.66. The molecule has 2 rings (SSSR count). The average Bonchev–Trinajstić information content (AvgIpc) is 2.89. The van der Waals surface area contributed by atoms with E-state index in [1.807, 2.05) is 18.2 Å². The molecule has 1 aliphatic rings. The van der Waals surface area contributed by atoms with Gasteiger partial charge in [0.2, 0.25) is 0 Å². The minimum Gasteiger partial charge on any atom is -0.491 e. The van der Waals surface area contributed by atoms with Crippen molar-refractivity contribution in [2.45, 2.75) is 13.0 Å². The van der Waals surface area contributed by atoms with Crippen molar-refractivity contribution in [3.8, 4) is 5.75 Å². The Hall–Kier alpha value is -0.520. The fourth-order valence-electron chi connectivity index (χ4n) is 2.54. The fraction of sp³-hybridized carbons (Fsp3) is 0.600. The molecule has 0 saturated carbocycles. The minimum atomic E-state index is 0. The summed E-state index contributed by atoms with van der Waals surface area (Å²) in [7, 11) is 1.67. The number of benzene rings is 1. The maximum Gasteiger partial charge on any atom is 0.124 e. The average molecular weight is 335 g/mol. The van der Waals surface area contributed by atoms with Gasteiger partial charge in [0, 0.05) is 30.8 Å². The van der Waals surface area contributed by atoms with E-state index < -0.39 is 0 Å². The van der Waals surface area contributed by atoms with Crippen molar-refractivity contribution in [3.05, 3.63) is 28.8 Å². The van der Waals surface area contributed by atoms with Gasteiger partial charge in [0.25, 0.3) is 0 Å². The van der Waals surface area contributed by atoms with Crippen molar-refractivity contribution in [2.24, 2.45) is 11.7 Å². The van der Waals surface area contributed by atoms with Crippen LogP contribution in [-0.4, -0.2) is 44.9 Å². The highest BCUT2D eigenvalue weighted by atomic mass is 35.5. The van der Waals surface area contributed by atoms with Crippen molar-refractivity contribution in [1.82, 2.24) is 4.90 Å². The zero-order valence-electron chi connectivity index (χ0n) is 12.4. The predicted molar refractivity (Wildman–Crippen MR) is 88.5 cm³/mol. The van der Waals surface area contributed by atoms with Crippen molar-refractivity contribution < 1.29 is 9.47 Å². The number of nitrogens with zero attached hydrogens (tertiary/aromatic N) is 1. The number of ether oxygens (including phenoxy) is 2. The summed E-state index contributed by atoms with van der Waals surface area (Å²) in [6.07, 6.45) is 1.18. The summed E-state index contributed by atoms with van der Waals surface area (Å²) in [5.41, 5.74) is 6.87. The minimum absolute atomic E-state index is 0. The SMILES string of the molecule is COCCOc1ccc(Cl)cc1CN1CC[C@@H](CN)C1.Cl. The molecule has 120 valence electrons. The highest BCUT2D eigenvalue weighted by molar-refractivity contribution is 6.30. The standard InChI is InChI=1S/C15H23ClN2O2.ClH/c1-19-6-7-20-15-3-2-14(16)8-13(15)11-18-5-4-12(9-17)10-18;/h2-3,8,12H,4-7,9-11,17H2,1H3;1H/t12-;/m0./s1. The molecule has 21 heavy (non-hydrogen) atoms. The predicted octanol–water partition coefficient (Wildman–Crippen LogP) is 2.57. The molecule has 0 aliphatic carbocycles. The van der Waals surface area contributed by atoms with Gasteiger partial charge in [0.15, 0.2) is 0 Å². The molecule has 1 aliphatic heterocycles. The molecule has 2 N–H and O–H groups in total. The molecule has 0 amide bonds. The van der Waals surface area contributed by atoms with Gasteiger partial charge in [-0.25, -0.2) is 0 Å². The van der Waals surface area contributed by atoms with Gasteiger partial charge < -0.3 is 15.2 Å². The fourth-order valence-corrected chi connectivity index (χ4v) is 2.73. The summed E-state index contributed by atoms with van der Waals surface area (Å²) < 4.78 is 10.8. The largest absolute Gasteiger partial charge is 0.491 e. The lowest BCUT2D eigenvalue weighted by molar-refractivity contribution is 0.145. The van der Waals surface area contributed by atoms with Crippen LogP contribution in [0.3, 0.4) is 0 Å². The number of likely N-dealkylation sites (tertiary alicyclic amines) is 1. The van der Waals surface area contributed by atoms with E-state index in [0.717, 1.165) is 42.5 Å². The number of hydrogen-bond acceptors (Lipinski definition) is 4. The molecular formula is C15H24Cl2N2O2.